The fourth-order valence-corrected chi connectivity index (χ4v) is 3.16. The van der Waals surface area contributed by atoms with E-state index in [4.69, 9.17) is 10.5 Å². The van der Waals surface area contributed by atoms with Crippen molar-refractivity contribution in [3.8, 4) is 5.75 Å². The van der Waals surface area contributed by atoms with E-state index in [2.05, 4.69) is 31.8 Å². The number of hydrogen-bond acceptors (Lipinski definition) is 6. The van der Waals surface area contributed by atoms with E-state index in [-0.39, 0.29) is 5.56 Å². The predicted molar refractivity (Wildman–Crippen MR) is 129 cm³/mol. The number of carbonyl (C=O) groups excluding carboxylic acids is 4. The Morgan fingerprint density at radius 1 is 0.853 bits per heavy atom. The summed E-state index contributed by atoms with van der Waals surface area (Å²) >= 11 is 3.31. The summed E-state index contributed by atoms with van der Waals surface area (Å²) in [4.78, 5) is 47.4. The molecular formula is C24H19BrN4O5. The molecule has 3 amide bonds. The molecule has 0 aliphatic carbocycles. The highest BCUT2D eigenvalue weighted by Crippen LogP contribution is 2.20. The van der Waals surface area contributed by atoms with Crippen LogP contribution in [0.2, 0.25) is 0 Å². The second-order valence-corrected chi connectivity index (χ2v) is 7.78. The molecule has 0 aliphatic heterocycles. The Kier molecular flexibility index (Phi) is 7.88. The molecular weight excluding hydrogens is 504 g/mol. The molecule has 10 heteroatoms. The summed E-state index contributed by atoms with van der Waals surface area (Å²) < 4.78 is 5.99. The fourth-order valence-electron chi connectivity index (χ4n) is 2.71. The van der Waals surface area contributed by atoms with Gasteiger partial charge in [0.2, 0.25) is 5.91 Å². The van der Waals surface area contributed by atoms with Gasteiger partial charge in [-0.25, -0.2) is 10.2 Å². The first-order chi connectivity index (χ1) is 16.2. The van der Waals surface area contributed by atoms with E-state index in [1.807, 2.05) is 0 Å². The number of nitrogens with one attached hydrogen (secondary N) is 2. The normalized spacial score (nSPS) is 10.8. The molecule has 3 aromatic rings. The molecule has 3 aromatic carbocycles. The van der Waals surface area contributed by atoms with Crippen LogP contribution in [0.1, 0.15) is 33.2 Å². The zero-order valence-corrected chi connectivity index (χ0v) is 19.5. The van der Waals surface area contributed by atoms with E-state index in [1.165, 1.54) is 24.3 Å². The maximum atomic E-state index is 12.3. The number of hydrogen-bond donors (Lipinski definition) is 3. The van der Waals surface area contributed by atoms with Crippen LogP contribution < -0.4 is 21.2 Å². The average Bonchev–Trinajstić information content (AvgIpc) is 2.83. The standard InChI is InChI=1S/C24H19BrN4O5/c1-14(28-29-23(32)22(31)27-17-10-6-16(7-11-17)21(26)30)15-8-12-18(13-9-15)34-24(33)19-4-2-3-5-20(19)25/h2-13H,1H3,(H2,26,30)(H,27,31)(H,29,32)/b28-14+. The van der Waals surface area contributed by atoms with Crippen molar-refractivity contribution in [1.29, 1.82) is 0 Å². The monoisotopic (exact) mass is 522 g/mol. The SMILES string of the molecule is C/C(=N\NC(=O)C(=O)Nc1ccc(C(N)=O)cc1)c1ccc(OC(=O)c2ccccc2Br)cc1. The number of rotatable bonds is 6. The Labute approximate surface area is 203 Å². The second kappa shape index (κ2) is 11.0. The third kappa shape index (κ3) is 6.36. The Bertz CT molecular complexity index is 1270. The number of primary amides is 1. The minimum Gasteiger partial charge on any atom is -0.423 e. The Hall–Kier alpha value is -4.31. The highest BCUT2D eigenvalue weighted by molar-refractivity contribution is 9.10. The Morgan fingerprint density at radius 3 is 2.09 bits per heavy atom. The zero-order valence-electron chi connectivity index (χ0n) is 17.9. The van der Waals surface area contributed by atoms with Gasteiger partial charge in [-0.15, -0.1) is 0 Å². The minimum atomic E-state index is -0.975. The molecule has 0 spiro atoms. The number of amides is 3. The van der Waals surface area contributed by atoms with Crippen LogP contribution in [0, 0.1) is 0 Å². The van der Waals surface area contributed by atoms with E-state index >= 15 is 0 Å². The van der Waals surface area contributed by atoms with Gasteiger partial charge in [0, 0.05) is 15.7 Å². The minimum absolute atomic E-state index is 0.274. The van der Waals surface area contributed by atoms with Crippen LogP contribution in [0.4, 0.5) is 5.69 Å². The van der Waals surface area contributed by atoms with Gasteiger partial charge in [-0.1, -0.05) is 12.1 Å². The van der Waals surface area contributed by atoms with Crippen molar-refractivity contribution in [2.24, 2.45) is 10.8 Å². The molecule has 0 saturated carbocycles. The highest BCUT2D eigenvalue weighted by atomic mass is 79.9. The van der Waals surface area contributed by atoms with E-state index in [9.17, 15) is 19.2 Å². The largest absolute Gasteiger partial charge is 0.423 e. The van der Waals surface area contributed by atoms with Crippen LogP contribution in [0.5, 0.6) is 5.75 Å². The predicted octanol–water partition coefficient (Wildman–Crippen LogP) is 3.25. The quantitative estimate of drug-likeness (QED) is 0.150. The molecule has 0 heterocycles. The number of hydrazone groups is 1. The summed E-state index contributed by atoms with van der Waals surface area (Å²) in [6.45, 7) is 1.64. The van der Waals surface area contributed by atoms with Crippen LogP contribution in [-0.4, -0.2) is 29.4 Å². The molecule has 34 heavy (non-hydrogen) atoms. The third-order valence-corrected chi connectivity index (χ3v) is 5.23. The van der Waals surface area contributed by atoms with Crippen LogP contribution in [-0.2, 0) is 9.59 Å². The number of nitrogens with two attached hydrogens (primary N) is 1. The molecule has 0 atom stereocenters. The lowest BCUT2D eigenvalue weighted by molar-refractivity contribution is -0.136. The molecule has 3 rings (SSSR count). The average molecular weight is 523 g/mol. The van der Waals surface area contributed by atoms with Crippen LogP contribution in [0.25, 0.3) is 0 Å². The summed E-state index contributed by atoms with van der Waals surface area (Å²) in [5.74, 6) is -2.68. The molecule has 0 bridgehead atoms. The molecule has 0 saturated heterocycles. The van der Waals surface area contributed by atoms with Crippen molar-refractivity contribution in [3.05, 3.63) is 94.0 Å². The van der Waals surface area contributed by atoms with Gasteiger partial charge in [0.05, 0.1) is 11.3 Å². The van der Waals surface area contributed by atoms with Gasteiger partial charge in [0.25, 0.3) is 0 Å². The highest BCUT2D eigenvalue weighted by Gasteiger charge is 2.14. The van der Waals surface area contributed by atoms with Gasteiger partial charge < -0.3 is 15.8 Å². The van der Waals surface area contributed by atoms with Gasteiger partial charge in [0.15, 0.2) is 0 Å². The van der Waals surface area contributed by atoms with Gasteiger partial charge in [-0.2, -0.15) is 5.10 Å². The summed E-state index contributed by atoms with van der Waals surface area (Å²) in [7, 11) is 0. The van der Waals surface area contributed by atoms with E-state index in [0.717, 1.165) is 0 Å². The van der Waals surface area contributed by atoms with Gasteiger partial charge in [-0.05, 0) is 89.1 Å². The van der Waals surface area contributed by atoms with Crippen molar-refractivity contribution in [1.82, 2.24) is 5.43 Å². The van der Waals surface area contributed by atoms with Gasteiger partial charge in [-0.3, -0.25) is 14.4 Å². The molecule has 172 valence electrons. The van der Waals surface area contributed by atoms with Crippen molar-refractivity contribution >= 4 is 51.0 Å². The molecule has 4 N–H and O–H groups in total. The molecule has 0 unspecified atom stereocenters. The number of esters is 1. The maximum Gasteiger partial charge on any atom is 0.344 e. The van der Waals surface area contributed by atoms with Crippen LogP contribution in [0.3, 0.4) is 0 Å². The lowest BCUT2D eigenvalue weighted by Crippen LogP contribution is -2.33. The fraction of sp³-hybridized carbons (Fsp3) is 0.0417. The van der Waals surface area contributed by atoms with Crippen molar-refractivity contribution in [2.45, 2.75) is 6.92 Å². The summed E-state index contributed by atoms with van der Waals surface area (Å²) in [5, 5.41) is 6.32. The second-order valence-electron chi connectivity index (χ2n) is 6.93. The topological polar surface area (TPSA) is 140 Å². The van der Waals surface area contributed by atoms with Crippen LogP contribution >= 0.6 is 15.9 Å². The number of benzene rings is 3. The van der Waals surface area contributed by atoms with Crippen molar-refractivity contribution in [3.63, 3.8) is 0 Å². The zero-order chi connectivity index (χ0) is 24.7. The third-order valence-electron chi connectivity index (χ3n) is 4.54. The van der Waals surface area contributed by atoms with Crippen molar-refractivity contribution < 1.29 is 23.9 Å². The molecule has 0 aromatic heterocycles. The number of halogens is 1. The summed E-state index contributed by atoms with van der Waals surface area (Å²) in [6.07, 6.45) is 0. The molecule has 9 nitrogen and oxygen atoms in total. The summed E-state index contributed by atoms with van der Waals surface area (Å²) in [6, 6.07) is 19.2. The van der Waals surface area contributed by atoms with Gasteiger partial charge in [0.1, 0.15) is 5.75 Å². The van der Waals surface area contributed by atoms with E-state index in [0.29, 0.717) is 32.7 Å². The lowest BCUT2D eigenvalue weighted by Gasteiger charge is -2.07. The lowest BCUT2D eigenvalue weighted by atomic mass is 10.1. The molecule has 0 aliphatic rings. The first kappa shape index (κ1) is 24.3. The smallest absolute Gasteiger partial charge is 0.344 e. The Balaban J connectivity index is 1.56. The first-order valence-corrected chi connectivity index (χ1v) is 10.7. The number of ether oxygens (including phenoxy) is 1. The van der Waals surface area contributed by atoms with E-state index in [1.54, 1.807) is 55.5 Å². The number of nitrogens with zero attached hydrogens (tertiary/aromatic N) is 1. The van der Waals surface area contributed by atoms with Crippen molar-refractivity contribution in [2.75, 3.05) is 5.32 Å². The summed E-state index contributed by atoms with van der Waals surface area (Å²) in [5.41, 5.74) is 9.40. The Morgan fingerprint density at radius 2 is 1.47 bits per heavy atom. The number of carbonyl (C=O) groups is 4. The van der Waals surface area contributed by atoms with Crippen LogP contribution in [0.15, 0.2) is 82.4 Å². The molecule has 0 radical (unpaired) electrons. The van der Waals surface area contributed by atoms with Gasteiger partial charge >= 0.3 is 17.8 Å². The number of anilines is 1. The maximum absolute atomic E-state index is 12.3. The first-order valence-electron chi connectivity index (χ1n) is 9.87. The molecule has 0 fully saturated rings. The van der Waals surface area contributed by atoms with E-state index < -0.39 is 23.7 Å².